The normalized spacial score (nSPS) is 25.8. The van der Waals surface area contributed by atoms with Crippen LogP contribution in [0.5, 0.6) is 11.5 Å². The number of hydrogen-bond donors (Lipinski definition) is 0. The molecule has 0 amide bonds. The van der Waals surface area contributed by atoms with Crippen LogP contribution in [0.25, 0.3) is 0 Å². The summed E-state index contributed by atoms with van der Waals surface area (Å²) in [5, 5.41) is 0. The van der Waals surface area contributed by atoms with E-state index in [1.165, 1.54) is 0 Å². The summed E-state index contributed by atoms with van der Waals surface area (Å²) in [6.07, 6.45) is 1.98. The zero-order valence-electron chi connectivity index (χ0n) is 9.45. The fraction of sp³-hybridized carbons (Fsp3) is 0.462. The smallest absolute Gasteiger partial charge is 0.161 e. The maximum absolute atomic E-state index is 11.9. The van der Waals surface area contributed by atoms with E-state index in [1.807, 2.05) is 12.1 Å². The van der Waals surface area contributed by atoms with E-state index in [0.29, 0.717) is 5.78 Å². The van der Waals surface area contributed by atoms with Gasteiger partial charge in [0.15, 0.2) is 11.5 Å². The molecule has 2 aliphatic carbocycles. The third-order valence-electron chi connectivity index (χ3n) is 3.77. The Bertz CT molecular complexity index is 423. The molecule has 0 unspecified atom stereocenters. The molecule has 1 fully saturated rings. The Balaban J connectivity index is 2.17. The van der Waals surface area contributed by atoms with E-state index >= 15 is 0 Å². The van der Waals surface area contributed by atoms with Gasteiger partial charge in [0.05, 0.1) is 14.2 Å². The fourth-order valence-corrected chi connectivity index (χ4v) is 2.99. The van der Waals surface area contributed by atoms with E-state index in [-0.39, 0.29) is 11.8 Å². The average Bonchev–Trinajstić information content (AvgIpc) is 2.81. The minimum atomic E-state index is 0.111. The Labute approximate surface area is 94.4 Å². The number of carbonyl (C=O) groups excluding carboxylic acids is 1. The number of carbonyl (C=O) groups is 1. The van der Waals surface area contributed by atoms with Crippen molar-refractivity contribution in [3.8, 4) is 11.5 Å². The lowest BCUT2D eigenvalue weighted by Gasteiger charge is -2.16. The second kappa shape index (κ2) is 3.24. The Morgan fingerprint density at radius 3 is 1.81 bits per heavy atom. The van der Waals surface area contributed by atoms with Crippen LogP contribution in [0.15, 0.2) is 12.1 Å². The molecule has 0 aliphatic heterocycles. The van der Waals surface area contributed by atoms with Gasteiger partial charge in [-0.1, -0.05) is 0 Å². The second-order valence-electron chi connectivity index (χ2n) is 4.42. The first-order valence-electron chi connectivity index (χ1n) is 5.55. The van der Waals surface area contributed by atoms with Crippen molar-refractivity contribution in [2.24, 2.45) is 0 Å². The highest BCUT2D eigenvalue weighted by molar-refractivity contribution is 5.99. The van der Waals surface area contributed by atoms with Gasteiger partial charge in [-0.05, 0) is 36.1 Å². The quantitative estimate of drug-likeness (QED) is 0.763. The summed E-state index contributed by atoms with van der Waals surface area (Å²) >= 11 is 0. The number of rotatable bonds is 2. The van der Waals surface area contributed by atoms with Crippen molar-refractivity contribution in [1.29, 1.82) is 0 Å². The van der Waals surface area contributed by atoms with Crippen molar-refractivity contribution in [2.75, 3.05) is 14.2 Å². The molecule has 84 valence electrons. The van der Waals surface area contributed by atoms with E-state index in [9.17, 15) is 4.79 Å². The van der Waals surface area contributed by atoms with E-state index < -0.39 is 0 Å². The van der Waals surface area contributed by atoms with E-state index in [1.54, 1.807) is 14.2 Å². The zero-order valence-corrected chi connectivity index (χ0v) is 9.45. The summed E-state index contributed by atoms with van der Waals surface area (Å²) in [5.41, 5.74) is 2.30. The summed E-state index contributed by atoms with van der Waals surface area (Å²) in [6.45, 7) is 0. The van der Waals surface area contributed by atoms with Crippen molar-refractivity contribution < 1.29 is 14.3 Å². The van der Waals surface area contributed by atoms with Crippen LogP contribution < -0.4 is 9.47 Å². The molecular formula is C13H14O3. The molecular weight excluding hydrogens is 204 g/mol. The summed E-state index contributed by atoms with van der Waals surface area (Å²) in [5.74, 6) is 2.05. The van der Waals surface area contributed by atoms with Gasteiger partial charge in [0.1, 0.15) is 5.78 Å². The number of benzene rings is 1. The van der Waals surface area contributed by atoms with E-state index in [0.717, 1.165) is 35.5 Å². The Morgan fingerprint density at radius 2 is 1.44 bits per heavy atom. The van der Waals surface area contributed by atoms with Gasteiger partial charge in [0.2, 0.25) is 0 Å². The largest absolute Gasteiger partial charge is 0.493 e. The highest BCUT2D eigenvalue weighted by Crippen LogP contribution is 2.52. The number of methoxy groups -OCH3 is 2. The number of hydrogen-bond acceptors (Lipinski definition) is 3. The van der Waals surface area contributed by atoms with Crippen molar-refractivity contribution >= 4 is 5.78 Å². The Morgan fingerprint density at radius 1 is 1.00 bits per heavy atom. The van der Waals surface area contributed by atoms with Crippen molar-refractivity contribution in [3.05, 3.63) is 23.3 Å². The third-order valence-corrected chi connectivity index (χ3v) is 3.77. The van der Waals surface area contributed by atoms with Gasteiger partial charge in [-0.3, -0.25) is 4.79 Å². The number of fused-ring (bicyclic) bond motifs is 5. The maximum atomic E-state index is 11.9. The van der Waals surface area contributed by atoms with Crippen LogP contribution in [0.2, 0.25) is 0 Å². The van der Waals surface area contributed by atoms with Gasteiger partial charge in [-0.2, -0.15) is 0 Å². The van der Waals surface area contributed by atoms with Crippen LogP contribution in [0.1, 0.15) is 35.8 Å². The topological polar surface area (TPSA) is 35.5 Å². The minimum absolute atomic E-state index is 0.111. The van der Waals surface area contributed by atoms with Crippen LogP contribution in [0.3, 0.4) is 0 Å². The lowest BCUT2D eigenvalue weighted by atomic mass is 9.91. The molecule has 3 rings (SSSR count). The average molecular weight is 218 g/mol. The standard InChI is InChI=1S/C13H14O3/c1-15-11-5-9-7-3-4-8(13(7)14)10(9)6-12(11)16-2/h5-8H,3-4H2,1-2H3/t7-,8+. The lowest BCUT2D eigenvalue weighted by molar-refractivity contribution is -0.119. The van der Waals surface area contributed by atoms with Crippen LogP contribution in [0, 0.1) is 0 Å². The van der Waals surface area contributed by atoms with Gasteiger partial charge in [-0.15, -0.1) is 0 Å². The van der Waals surface area contributed by atoms with Crippen molar-refractivity contribution in [1.82, 2.24) is 0 Å². The summed E-state index contributed by atoms with van der Waals surface area (Å²) in [7, 11) is 3.25. The number of Topliss-reactive ketones (excluding diaryl/α,β-unsaturated/α-hetero) is 1. The van der Waals surface area contributed by atoms with Crippen molar-refractivity contribution in [2.45, 2.75) is 24.7 Å². The number of ketones is 1. The molecule has 0 heterocycles. The molecule has 2 atom stereocenters. The summed E-state index contributed by atoms with van der Waals surface area (Å²) in [6, 6.07) is 3.94. The van der Waals surface area contributed by atoms with Gasteiger partial charge in [0, 0.05) is 11.8 Å². The predicted octanol–water partition coefficient (Wildman–Crippen LogP) is 2.25. The molecule has 3 nitrogen and oxygen atoms in total. The molecule has 2 aliphatic rings. The SMILES string of the molecule is COc1cc2c(cc1OC)[C@H]1CC[C@@H]2C1=O. The Hall–Kier alpha value is -1.51. The molecule has 16 heavy (non-hydrogen) atoms. The van der Waals surface area contributed by atoms with E-state index in [4.69, 9.17) is 9.47 Å². The lowest BCUT2D eigenvalue weighted by Crippen LogP contribution is -2.00. The van der Waals surface area contributed by atoms with Gasteiger partial charge in [-0.25, -0.2) is 0 Å². The zero-order chi connectivity index (χ0) is 11.3. The molecule has 1 saturated carbocycles. The highest BCUT2D eigenvalue weighted by Gasteiger charge is 2.45. The molecule has 1 aromatic carbocycles. The summed E-state index contributed by atoms with van der Waals surface area (Å²) in [4.78, 5) is 11.9. The first-order valence-corrected chi connectivity index (χ1v) is 5.55. The molecule has 1 aromatic rings. The predicted molar refractivity (Wildman–Crippen MR) is 59.3 cm³/mol. The molecule has 0 radical (unpaired) electrons. The van der Waals surface area contributed by atoms with Crippen LogP contribution >= 0.6 is 0 Å². The minimum Gasteiger partial charge on any atom is -0.493 e. The van der Waals surface area contributed by atoms with E-state index in [2.05, 4.69) is 0 Å². The maximum Gasteiger partial charge on any atom is 0.161 e. The summed E-state index contributed by atoms with van der Waals surface area (Å²) < 4.78 is 10.5. The molecule has 0 aromatic heterocycles. The Kier molecular flexibility index (Phi) is 1.96. The van der Waals surface area contributed by atoms with Crippen molar-refractivity contribution in [3.63, 3.8) is 0 Å². The first kappa shape index (κ1) is 9.70. The molecule has 0 saturated heterocycles. The highest BCUT2D eigenvalue weighted by atomic mass is 16.5. The van der Waals surface area contributed by atoms with Gasteiger partial charge < -0.3 is 9.47 Å². The molecule has 0 spiro atoms. The monoisotopic (exact) mass is 218 g/mol. The third kappa shape index (κ3) is 1.06. The fourth-order valence-electron chi connectivity index (χ4n) is 2.99. The molecule has 3 heteroatoms. The van der Waals surface area contributed by atoms with Crippen LogP contribution in [0.4, 0.5) is 0 Å². The number of ether oxygens (including phenoxy) is 2. The molecule has 0 N–H and O–H groups in total. The van der Waals surface area contributed by atoms with Crippen LogP contribution in [-0.2, 0) is 4.79 Å². The van der Waals surface area contributed by atoms with Gasteiger partial charge in [0.25, 0.3) is 0 Å². The first-order chi connectivity index (χ1) is 7.76. The second-order valence-corrected chi connectivity index (χ2v) is 4.42. The van der Waals surface area contributed by atoms with Crippen LogP contribution in [-0.4, -0.2) is 20.0 Å². The van der Waals surface area contributed by atoms with Gasteiger partial charge >= 0.3 is 0 Å². The molecule has 2 bridgehead atoms.